The SMILES string of the molecule is COc1cc2c(cc1F)CCC2N[C@H]1COC2(CCC2)[C@@H]1OC. The Balaban J connectivity index is 1.53. The molecule has 5 heteroatoms. The molecule has 0 amide bonds. The molecule has 1 unspecified atom stereocenters. The first-order chi connectivity index (χ1) is 11.2. The Morgan fingerprint density at radius 2 is 2.13 bits per heavy atom. The summed E-state index contributed by atoms with van der Waals surface area (Å²) in [6.07, 6.45) is 5.36. The molecule has 4 rings (SSSR count). The van der Waals surface area contributed by atoms with Crippen molar-refractivity contribution in [2.45, 2.75) is 55.9 Å². The topological polar surface area (TPSA) is 39.7 Å². The highest BCUT2D eigenvalue weighted by Crippen LogP contribution is 2.46. The average molecular weight is 321 g/mol. The minimum Gasteiger partial charge on any atom is -0.494 e. The number of aryl methyl sites for hydroxylation is 1. The van der Waals surface area contributed by atoms with Gasteiger partial charge >= 0.3 is 0 Å². The van der Waals surface area contributed by atoms with Gasteiger partial charge in [-0.2, -0.15) is 0 Å². The molecule has 1 aliphatic heterocycles. The van der Waals surface area contributed by atoms with Gasteiger partial charge in [-0.15, -0.1) is 0 Å². The number of hydrogen-bond donors (Lipinski definition) is 1. The Labute approximate surface area is 136 Å². The largest absolute Gasteiger partial charge is 0.494 e. The standard InChI is InChI=1S/C18H24FNO3/c1-21-16-9-12-11(8-13(16)19)4-5-14(12)20-15-10-23-18(6-3-7-18)17(15)22-2/h8-9,14-15,17,20H,3-7,10H2,1-2H3/t14?,15-,17+/m0/s1. The zero-order valence-electron chi connectivity index (χ0n) is 13.7. The summed E-state index contributed by atoms with van der Waals surface area (Å²) in [4.78, 5) is 0. The van der Waals surface area contributed by atoms with Crippen LogP contribution < -0.4 is 10.1 Å². The van der Waals surface area contributed by atoms with E-state index in [1.807, 2.05) is 6.07 Å². The third-order valence-electron chi connectivity index (χ3n) is 5.79. The van der Waals surface area contributed by atoms with E-state index >= 15 is 0 Å². The molecule has 1 spiro atoms. The molecule has 126 valence electrons. The Morgan fingerprint density at radius 3 is 2.78 bits per heavy atom. The Kier molecular flexibility index (Phi) is 3.82. The highest BCUT2D eigenvalue weighted by atomic mass is 19.1. The molecule has 1 heterocycles. The van der Waals surface area contributed by atoms with Gasteiger partial charge in [0, 0.05) is 13.2 Å². The van der Waals surface area contributed by atoms with Crippen molar-refractivity contribution >= 4 is 0 Å². The second kappa shape index (κ2) is 5.72. The maximum atomic E-state index is 13.9. The molecule has 3 aliphatic rings. The lowest BCUT2D eigenvalue weighted by atomic mass is 9.75. The molecule has 3 atom stereocenters. The van der Waals surface area contributed by atoms with Crippen LogP contribution in [0.4, 0.5) is 4.39 Å². The summed E-state index contributed by atoms with van der Waals surface area (Å²) in [5.41, 5.74) is 2.15. The maximum absolute atomic E-state index is 13.9. The van der Waals surface area contributed by atoms with E-state index in [0.717, 1.165) is 36.8 Å². The fourth-order valence-corrected chi connectivity index (χ4v) is 4.46. The Hall–Kier alpha value is -1.17. The number of nitrogens with one attached hydrogen (secondary N) is 1. The molecular formula is C18H24FNO3. The number of ether oxygens (including phenoxy) is 3. The predicted octanol–water partition coefficient (Wildman–Crippen LogP) is 2.75. The van der Waals surface area contributed by atoms with Crippen molar-refractivity contribution in [1.82, 2.24) is 5.32 Å². The minimum absolute atomic E-state index is 0.0751. The lowest BCUT2D eigenvalue weighted by Crippen LogP contribution is -2.53. The van der Waals surface area contributed by atoms with Crippen molar-refractivity contribution in [3.8, 4) is 5.75 Å². The second-order valence-corrected chi connectivity index (χ2v) is 6.94. The van der Waals surface area contributed by atoms with E-state index in [1.165, 1.54) is 13.5 Å². The van der Waals surface area contributed by atoms with Crippen LogP contribution in [0.3, 0.4) is 0 Å². The van der Waals surface area contributed by atoms with Gasteiger partial charge in [0.25, 0.3) is 0 Å². The highest BCUT2D eigenvalue weighted by Gasteiger charge is 2.54. The van der Waals surface area contributed by atoms with Crippen LogP contribution in [0.5, 0.6) is 5.75 Å². The van der Waals surface area contributed by atoms with Gasteiger partial charge in [0.05, 0.1) is 25.4 Å². The van der Waals surface area contributed by atoms with Crippen LogP contribution in [0.25, 0.3) is 0 Å². The average Bonchev–Trinajstić information content (AvgIpc) is 3.07. The van der Waals surface area contributed by atoms with Crippen LogP contribution in [-0.2, 0) is 15.9 Å². The number of fused-ring (bicyclic) bond motifs is 1. The van der Waals surface area contributed by atoms with Gasteiger partial charge in [0.15, 0.2) is 11.6 Å². The fraction of sp³-hybridized carbons (Fsp3) is 0.667. The first kappa shape index (κ1) is 15.4. The molecule has 0 bridgehead atoms. The van der Waals surface area contributed by atoms with Crippen LogP contribution in [-0.4, -0.2) is 38.6 Å². The molecule has 23 heavy (non-hydrogen) atoms. The second-order valence-electron chi connectivity index (χ2n) is 6.94. The predicted molar refractivity (Wildman–Crippen MR) is 84.3 cm³/mol. The van der Waals surface area contributed by atoms with Crippen LogP contribution in [0, 0.1) is 5.82 Å². The molecule has 1 saturated heterocycles. The van der Waals surface area contributed by atoms with E-state index in [1.54, 1.807) is 13.2 Å². The van der Waals surface area contributed by atoms with Crippen LogP contribution in [0.15, 0.2) is 12.1 Å². The van der Waals surface area contributed by atoms with Crippen molar-refractivity contribution < 1.29 is 18.6 Å². The summed E-state index contributed by atoms with van der Waals surface area (Å²) in [6, 6.07) is 3.85. The molecule has 1 aromatic rings. The molecule has 1 N–H and O–H groups in total. The summed E-state index contributed by atoms with van der Waals surface area (Å²) in [7, 11) is 3.28. The molecular weight excluding hydrogens is 297 g/mol. The van der Waals surface area contributed by atoms with E-state index in [2.05, 4.69) is 5.32 Å². The van der Waals surface area contributed by atoms with Gasteiger partial charge in [-0.25, -0.2) is 4.39 Å². The van der Waals surface area contributed by atoms with Gasteiger partial charge in [-0.1, -0.05) is 0 Å². The fourth-order valence-electron chi connectivity index (χ4n) is 4.46. The summed E-state index contributed by atoms with van der Waals surface area (Å²) in [5, 5.41) is 3.70. The smallest absolute Gasteiger partial charge is 0.165 e. The molecule has 2 aliphatic carbocycles. The van der Waals surface area contributed by atoms with Crippen molar-refractivity contribution in [2.75, 3.05) is 20.8 Å². The van der Waals surface area contributed by atoms with Gasteiger partial charge in [-0.05, 0) is 55.4 Å². The van der Waals surface area contributed by atoms with E-state index in [9.17, 15) is 4.39 Å². The molecule has 1 aromatic carbocycles. The van der Waals surface area contributed by atoms with Crippen LogP contribution >= 0.6 is 0 Å². The zero-order valence-corrected chi connectivity index (χ0v) is 13.7. The summed E-state index contributed by atoms with van der Waals surface area (Å²) < 4.78 is 30.9. The van der Waals surface area contributed by atoms with E-state index in [4.69, 9.17) is 14.2 Å². The lowest BCUT2D eigenvalue weighted by Gasteiger charge is -2.42. The molecule has 2 fully saturated rings. The highest BCUT2D eigenvalue weighted by molar-refractivity contribution is 5.42. The van der Waals surface area contributed by atoms with Crippen molar-refractivity contribution in [1.29, 1.82) is 0 Å². The van der Waals surface area contributed by atoms with Gasteiger partial charge < -0.3 is 19.5 Å². The lowest BCUT2D eigenvalue weighted by molar-refractivity contribution is -0.122. The maximum Gasteiger partial charge on any atom is 0.165 e. The first-order valence-electron chi connectivity index (χ1n) is 8.46. The van der Waals surface area contributed by atoms with E-state index < -0.39 is 0 Å². The number of rotatable bonds is 4. The number of halogens is 1. The summed E-state index contributed by atoms with van der Waals surface area (Å²) in [6.45, 7) is 0.683. The number of methoxy groups -OCH3 is 2. The summed E-state index contributed by atoms with van der Waals surface area (Å²) >= 11 is 0. The monoisotopic (exact) mass is 321 g/mol. The molecule has 0 radical (unpaired) electrons. The Bertz CT molecular complexity index is 602. The number of benzene rings is 1. The van der Waals surface area contributed by atoms with Crippen LogP contribution in [0.2, 0.25) is 0 Å². The first-order valence-corrected chi connectivity index (χ1v) is 8.46. The summed E-state index contributed by atoms with van der Waals surface area (Å²) in [5.74, 6) is 0.0400. The Morgan fingerprint density at radius 1 is 1.30 bits per heavy atom. The van der Waals surface area contributed by atoms with Gasteiger partial charge in [0.1, 0.15) is 6.10 Å². The van der Waals surface area contributed by atoms with Crippen molar-refractivity contribution in [3.63, 3.8) is 0 Å². The van der Waals surface area contributed by atoms with E-state index in [-0.39, 0.29) is 29.6 Å². The third kappa shape index (κ3) is 2.37. The van der Waals surface area contributed by atoms with E-state index in [0.29, 0.717) is 12.4 Å². The molecule has 1 saturated carbocycles. The quantitative estimate of drug-likeness (QED) is 0.926. The zero-order chi connectivity index (χ0) is 16.0. The van der Waals surface area contributed by atoms with Gasteiger partial charge in [0.2, 0.25) is 0 Å². The normalized spacial score (nSPS) is 31.2. The number of hydrogen-bond acceptors (Lipinski definition) is 4. The van der Waals surface area contributed by atoms with Crippen molar-refractivity contribution in [3.05, 3.63) is 29.1 Å². The molecule has 0 aromatic heterocycles. The van der Waals surface area contributed by atoms with Crippen molar-refractivity contribution in [2.24, 2.45) is 0 Å². The van der Waals surface area contributed by atoms with Crippen LogP contribution in [0.1, 0.15) is 42.9 Å². The minimum atomic E-state index is -0.278. The molecule has 4 nitrogen and oxygen atoms in total. The van der Waals surface area contributed by atoms with Gasteiger partial charge in [-0.3, -0.25) is 0 Å². The third-order valence-corrected chi connectivity index (χ3v) is 5.79.